The number of hydrogen-bond acceptors (Lipinski definition) is 3. The third-order valence-electron chi connectivity index (χ3n) is 2.69. The van der Waals surface area contributed by atoms with Crippen molar-refractivity contribution in [3.05, 3.63) is 35.9 Å². The molecular weight excluding hydrogens is 230 g/mol. The zero-order valence-corrected chi connectivity index (χ0v) is 11.2. The van der Waals surface area contributed by atoms with Gasteiger partial charge in [-0.05, 0) is 19.7 Å². The number of nitrogens with zero attached hydrogens (tertiary/aromatic N) is 2. The molecule has 1 fully saturated rings. The lowest BCUT2D eigenvalue weighted by Crippen LogP contribution is -2.21. The van der Waals surface area contributed by atoms with Gasteiger partial charge in [-0.3, -0.25) is 4.99 Å². The molecule has 92 valence electrons. The molecule has 1 aliphatic heterocycles. The summed E-state index contributed by atoms with van der Waals surface area (Å²) >= 11 is 1.82. The molecule has 1 aromatic rings. The van der Waals surface area contributed by atoms with Crippen LogP contribution >= 0.6 is 11.8 Å². The second-order valence-corrected chi connectivity index (χ2v) is 5.42. The average molecular weight is 249 g/mol. The zero-order chi connectivity index (χ0) is 12.1. The summed E-state index contributed by atoms with van der Waals surface area (Å²) < 4.78 is 0. The second-order valence-electron chi connectivity index (χ2n) is 4.41. The smallest absolute Gasteiger partial charge is 0.157 e. The Labute approximate surface area is 107 Å². The molecule has 0 spiro atoms. The molecule has 0 bridgehead atoms. The number of amidine groups is 1. The summed E-state index contributed by atoms with van der Waals surface area (Å²) in [6.07, 6.45) is 0. The van der Waals surface area contributed by atoms with E-state index in [0.29, 0.717) is 6.04 Å². The molecular formula is C13H19N3S. The maximum absolute atomic E-state index is 4.57. The number of aliphatic imine (C=N–C) groups is 1. The molecule has 2 rings (SSSR count). The topological polar surface area (TPSA) is 27.6 Å². The SMILES string of the molecule is CN(C)CCN=C1NC(c2ccccc2)CS1. The van der Waals surface area contributed by atoms with E-state index in [9.17, 15) is 0 Å². The minimum atomic E-state index is 0.416. The van der Waals surface area contributed by atoms with Crippen molar-refractivity contribution in [2.45, 2.75) is 6.04 Å². The van der Waals surface area contributed by atoms with Gasteiger partial charge in [-0.25, -0.2) is 0 Å². The molecule has 0 amide bonds. The maximum atomic E-state index is 4.57. The van der Waals surface area contributed by atoms with Crippen LogP contribution in [0.15, 0.2) is 35.3 Å². The Kier molecular flexibility index (Phi) is 4.45. The van der Waals surface area contributed by atoms with E-state index in [4.69, 9.17) is 0 Å². The van der Waals surface area contributed by atoms with Crippen molar-refractivity contribution in [1.29, 1.82) is 0 Å². The van der Waals surface area contributed by atoms with Crippen molar-refractivity contribution in [3.63, 3.8) is 0 Å². The first-order valence-electron chi connectivity index (χ1n) is 5.89. The summed E-state index contributed by atoms with van der Waals surface area (Å²) in [6.45, 7) is 1.87. The van der Waals surface area contributed by atoms with Crippen LogP contribution in [0.5, 0.6) is 0 Å². The molecule has 0 aromatic heterocycles. The molecule has 17 heavy (non-hydrogen) atoms. The minimum Gasteiger partial charge on any atom is -0.357 e. The minimum absolute atomic E-state index is 0.416. The quantitative estimate of drug-likeness (QED) is 0.884. The lowest BCUT2D eigenvalue weighted by atomic mass is 10.1. The summed E-state index contributed by atoms with van der Waals surface area (Å²) in [5.41, 5.74) is 1.35. The lowest BCUT2D eigenvalue weighted by Gasteiger charge is -2.10. The number of thioether (sulfide) groups is 1. The predicted molar refractivity (Wildman–Crippen MR) is 75.6 cm³/mol. The van der Waals surface area contributed by atoms with Crippen molar-refractivity contribution in [1.82, 2.24) is 10.2 Å². The Morgan fingerprint density at radius 3 is 2.82 bits per heavy atom. The van der Waals surface area contributed by atoms with Gasteiger partial charge in [0.1, 0.15) is 0 Å². The van der Waals surface area contributed by atoms with Crippen LogP contribution in [-0.2, 0) is 0 Å². The van der Waals surface area contributed by atoms with Gasteiger partial charge in [0, 0.05) is 12.3 Å². The van der Waals surface area contributed by atoms with E-state index in [2.05, 4.69) is 59.6 Å². The Morgan fingerprint density at radius 2 is 2.12 bits per heavy atom. The molecule has 1 N–H and O–H groups in total. The van der Waals surface area contributed by atoms with Gasteiger partial charge in [-0.15, -0.1) is 0 Å². The van der Waals surface area contributed by atoms with Crippen LogP contribution in [0.2, 0.25) is 0 Å². The van der Waals surface area contributed by atoms with Gasteiger partial charge in [0.25, 0.3) is 0 Å². The summed E-state index contributed by atoms with van der Waals surface area (Å²) in [4.78, 5) is 6.72. The third-order valence-corrected chi connectivity index (χ3v) is 3.71. The second kappa shape index (κ2) is 6.07. The van der Waals surface area contributed by atoms with Crippen LogP contribution in [0.3, 0.4) is 0 Å². The van der Waals surface area contributed by atoms with Crippen molar-refractivity contribution in [2.75, 3.05) is 32.9 Å². The number of nitrogens with one attached hydrogen (secondary N) is 1. The van der Waals surface area contributed by atoms with Crippen LogP contribution in [-0.4, -0.2) is 43.0 Å². The molecule has 3 nitrogen and oxygen atoms in total. The van der Waals surface area contributed by atoms with Crippen LogP contribution in [0, 0.1) is 0 Å². The monoisotopic (exact) mass is 249 g/mol. The van der Waals surface area contributed by atoms with E-state index < -0.39 is 0 Å². The number of rotatable bonds is 4. The Balaban J connectivity index is 1.87. The van der Waals surface area contributed by atoms with E-state index in [1.54, 1.807) is 0 Å². The largest absolute Gasteiger partial charge is 0.357 e. The normalized spacial score (nSPS) is 22.1. The van der Waals surface area contributed by atoms with Crippen LogP contribution in [0.4, 0.5) is 0 Å². The first-order chi connectivity index (χ1) is 8.25. The molecule has 1 unspecified atom stereocenters. The van der Waals surface area contributed by atoms with Gasteiger partial charge in [-0.2, -0.15) is 0 Å². The zero-order valence-electron chi connectivity index (χ0n) is 10.4. The number of hydrogen-bond donors (Lipinski definition) is 1. The molecule has 1 aliphatic rings. The first kappa shape index (κ1) is 12.5. The highest BCUT2D eigenvalue weighted by molar-refractivity contribution is 8.14. The van der Waals surface area contributed by atoms with E-state index >= 15 is 0 Å². The highest BCUT2D eigenvalue weighted by Gasteiger charge is 2.21. The predicted octanol–water partition coefficient (Wildman–Crippen LogP) is 1.98. The van der Waals surface area contributed by atoms with E-state index in [1.807, 2.05) is 11.8 Å². The molecule has 0 radical (unpaired) electrons. The summed E-state index contributed by atoms with van der Waals surface area (Å²) in [5, 5.41) is 4.56. The average Bonchev–Trinajstić information content (AvgIpc) is 2.78. The molecule has 1 saturated heterocycles. The highest BCUT2D eigenvalue weighted by Crippen LogP contribution is 2.25. The van der Waals surface area contributed by atoms with E-state index in [0.717, 1.165) is 24.0 Å². The Bertz CT molecular complexity index is 376. The fraction of sp³-hybridized carbons (Fsp3) is 0.462. The molecule has 0 aliphatic carbocycles. The standard InChI is InChI=1S/C13H19N3S/c1-16(2)9-8-14-13-15-12(10-17-13)11-6-4-3-5-7-11/h3-7,12H,8-10H2,1-2H3,(H,14,15). The fourth-order valence-corrected chi connectivity index (χ4v) is 2.71. The summed E-state index contributed by atoms with van der Waals surface area (Å²) in [6, 6.07) is 11.0. The van der Waals surface area contributed by atoms with Crippen molar-refractivity contribution >= 4 is 16.9 Å². The molecule has 4 heteroatoms. The van der Waals surface area contributed by atoms with Crippen molar-refractivity contribution in [3.8, 4) is 0 Å². The van der Waals surface area contributed by atoms with Gasteiger partial charge in [0.15, 0.2) is 5.17 Å². The van der Waals surface area contributed by atoms with Gasteiger partial charge in [0.05, 0.1) is 12.6 Å². The Hall–Kier alpha value is -1.00. The summed E-state index contributed by atoms with van der Waals surface area (Å²) in [5.74, 6) is 1.07. The number of benzene rings is 1. The molecule has 1 aromatic carbocycles. The summed E-state index contributed by atoms with van der Waals surface area (Å²) in [7, 11) is 4.14. The van der Waals surface area contributed by atoms with Gasteiger partial charge in [-0.1, -0.05) is 42.1 Å². The molecule has 1 heterocycles. The van der Waals surface area contributed by atoms with Crippen molar-refractivity contribution < 1.29 is 0 Å². The van der Waals surface area contributed by atoms with E-state index in [1.165, 1.54) is 5.56 Å². The van der Waals surface area contributed by atoms with Gasteiger partial charge >= 0.3 is 0 Å². The van der Waals surface area contributed by atoms with Gasteiger partial charge in [0.2, 0.25) is 0 Å². The third kappa shape index (κ3) is 3.75. The molecule has 0 saturated carbocycles. The van der Waals surface area contributed by atoms with Gasteiger partial charge < -0.3 is 10.2 Å². The fourth-order valence-electron chi connectivity index (χ4n) is 1.70. The highest BCUT2D eigenvalue weighted by atomic mass is 32.2. The van der Waals surface area contributed by atoms with Crippen LogP contribution in [0.1, 0.15) is 11.6 Å². The number of likely N-dealkylation sites (N-methyl/N-ethyl adjacent to an activating group) is 1. The lowest BCUT2D eigenvalue weighted by molar-refractivity contribution is 0.420. The van der Waals surface area contributed by atoms with Crippen LogP contribution < -0.4 is 5.32 Å². The maximum Gasteiger partial charge on any atom is 0.157 e. The van der Waals surface area contributed by atoms with Crippen molar-refractivity contribution in [2.24, 2.45) is 4.99 Å². The van der Waals surface area contributed by atoms with Crippen LogP contribution in [0.25, 0.3) is 0 Å². The first-order valence-corrected chi connectivity index (χ1v) is 6.88. The molecule has 1 atom stereocenters. The van der Waals surface area contributed by atoms with E-state index in [-0.39, 0.29) is 0 Å². The Morgan fingerprint density at radius 1 is 1.35 bits per heavy atom.